The second-order valence-electron chi connectivity index (χ2n) is 9.29. The molecule has 4 aromatic carbocycles. The number of ketones is 2. The van der Waals surface area contributed by atoms with Crippen molar-refractivity contribution in [3.05, 3.63) is 144 Å². The van der Waals surface area contributed by atoms with E-state index in [2.05, 4.69) is 4.98 Å². The molecule has 0 fully saturated rings. The van der Waals surface area contributed by atoms with Crippen LogP contribution in [0.1, 0.15) is 34.8 Å². The monoisotopic (exact) mass is 527 g/mol. The molecule has 0 radical (unpaired) electrons. The summed E-state index contributed by atoms with van der Waals surface area (Å²) in [5.41, 5.74) is 4.49. The summed E-state index contributed by atoms with van der Waals surface area (Å²) >= 11 is 0. The molecule has 0 spiro atoms. The standard InChI is InChI=1S/C35H29NO4/c1-39-33-13-8-14-34(40-35(27-9-4-2-5-10-27)28-11-6-3-7-12-28)31(33)20-19-30(38)24-29(37)18-16-25-15-17-26-21-22-36-32(26)23-25/h2-23,35-36H,24H2,1H3/b18-16+,20-19+. The predicted molar refractivity (Wildman–Crippen MR) is 159 cm³/mol. The summed E-state index contributed by atoms with van der Waals surface area (Å²) in [7, 11) is 1.57. The van der Waals surface area contributed by atoms with E-state index in [1.807, 2.05) is 109 Å². The number of carbonyl (C=O) groups is 2. The van der Waals surface area contributed by atoms with Crippen molar-refractivity contribution in [3.63, 3.8) is 0 Å². The Morgan fingerprint density at radius 3 is 2.08 bits per heavy atom. The highest BCUT2D eigenvalue weighted by Gasteiger charge is 2.19. The summed E-state index contributed by atoms with van der Waals surface area (Å²) in [4.78, 5) is 28.4. The number of methoxy groups -OCH3 is 1. The van der Waals surface area contributed by atoms with Gasteiger partial charge >= 0.3 is 0 Å². The van der Waals surface area contributed by atoms with Gasteiger partial charge < -0.3 is 14.5 Å². The molecular weight excluding hydrogens is 498 g/mol. The third kappa shape index (κ3) is 6.45. The molecule has 0 saturated heterocycles. The summed E-state index contributed by atoms with van der Waals surface area (Å²) < 4.78 is 12.1. The van der Waals surface area contributed by atoms with Gasteiger partial charge in [-0.3, -0.25) is 9.59 Å². The number of carbonyl (C=O) groups excluding carboxylic acids is 2. The van der Waals surface area contributed by atoms with E-state index in [1.54, 1.807) is 19.3 Å². The Labute approximate surface area is 233 Å². The van der Waals surface area contributed by atoms with E-state index in [0.717, 1.165) is 27.6 Å². The van der Waals surface area contributed by atoms with Crippen molar-refractivity contribution in [1.82, 2.24) is 4.98 Å². The Hall–Kier alpha value is -5.16. The van der Waals surface area contributed by atoms with Gasteiger partial charge in [-0.05, 0) is 64.6 Å². The Morgan fingerprint density at radius 2 is 1.40 bits per heavy atom. The lowest BCUT2D eigenvalue weighted by Crippen LogP contribution is -2.10. The van der Waals surface area contributed by atoms with E-state index < -0.39 is 0 Å². The van der Waals surface area contributed by atoms with Crippen LogP contribution in [0.25, 0.3) is 23.1 Å². The zero-order valence-corrected chi connectivity index (χ0v) is 22.1. The van der Waals surface area contributed by atoms with Gasteiger partial charge in [0.1, 0.15) is 17.6 Å². The van der Waals surface area contributed by atoms with Crippen molar-refractivity contribution in [3.8, 4) is 11.5 Å². The molecule has 0 unspecified atom stereocenters. The number of hydrogen-bond donors (Lipinski definition) is 1. The first kappa shape index (κ1) is 26.4. The van der Waals surface area contributed by atoms with Crippen molar-refractivity contribution >= 4 is 34.6 Å². The van der Waals surface area contributed by atoms with Crippen LogP contribution in [0, 0.1) is 0 Å². The SMILES string of the molecule is COc1cccc(OC(c2ccccc2)c2ccccc2)c1/C=C/C(=O)CC(=O)/C=C/c1ccc2cc[nH]c2c1. The van der Waals surface area contributed by atoms with Crippen molar-refractivity contribution in [2.45, 2.75) is 12.5 Å². The molecule has 0 bridgehead atoms. The van der Waals surface area contributed by atoms with Gasteiger partial charge in [-0.1, -0.05) is 84.9 Å². The Bertz CT molecular complexity index is 1630. The van der Waals surface area contributed by atoms with E-state index in [9.17, 15) is 9.59 Å². The number of H-pyrrole nitrogens is 1. The molecule has 1 heterocycles. The summed E-state index contributed by atoms with van der Waals surface area (Å²) in [5.74, 6) is 0.541. The van der Waals surface area contributed by atoms with E-state index >= 15 is 0 Å². The molecule has 5 nitrogen and oxygen atoms in total. The molecule has 1 N–H and O–H groups in total. The van der Waals surface area contributed by atoms with Crippen LogP contribution in [0.4, 0.5) is 0 Å². The topological polar surface area (TPSA) is 68.4 Å². The Morgan fingerprint density at radius 1 is 0.750 bits per heavy atom. The van der Waals surface area contributed by atoms with Gasteiger partial charge in [0.2, 0.25) is 0 Å². The van der Waals surface area contributed by atoms with Gasteiger partial charge in [-0.2, -0.15) is 0 Å². The van der Waals surface area contributed by atoms with Crippen molar-refractivity contribution in [2.24, 2.45) is 0 Å². The fourth-order valence-corrected chi connectivity index (χ4v) is 4.50. The molecular formula is C35H29NO4. The van der Waals surface area contributed by atoms with Crippen molar-refractivity contribution < 1.29 is 19.1 Å². The van der Waals surface area contributed by atoms with Crippen LogP contribution in [0.3, 0.4) is 0 Å². The van der Waals surface area contributed by atoms with E-state index in [1.165, 1.54) is 12.2 Å². The first-order valence-electron chi connectivity index (χ1n) is 13.0. The number of fused-ring (bicyclic) bond motifs is 1. The Balaban J connectivity index is 1.33. The zero-order valence-electron chi connectivity index (χ0n) is 22.1. The van der Waals surface area contributed by atoms with Gasteiger partial charge in [0.05, 0.1) is 19.1 Å². The lowest BCUT2D eigenvalue weighted by Gasteiger charge is -2.22. The minimum absolute atomic E-state index is 0.236. The molecule has 0 atom stereocenters. The lowest BCUT2D eigenvalue weighted by atomic mass is 10.0. The van der Waals surface area contributed by atoms with Crippen LogP contribution < -0.4 is 9.47 Å². The molecule has 0 aliphatic heterocycles. The molecule has 40 heavy (non-hydrogen) atoms. The predicted octanol–water partition coefficient (Wildman–Crippen LogP) is 7.60. The molecule has 1 aromatic heterocycles. The molecule has 0 aliphatic carbocycles. The number of benzene rings is 4. The molecule has 0 amide bonds. The van der Waals surface area contributed by atoms with Crippen LogP contribution in [0.15, 0.2) is 121 Å². The number of aromatic amines is 1. The lowest BCUT2D eigenvalue weighted by molar-refractivity contribution is -0.121. The molecule has 5 rings (SSSR count). The summed E-state index contributed by atoms with van der Waals surface area (Å²) in [6.45, 7) is 0. The molecule has 0 saturated carbocycles. The van der Waals surface area contributed by atoms with E-state index in [0.29, 0.717) is 17.1 Å². The van der Waals surface area contributed by atoms with Crippen LogP contribution in [-0.4, -0.2) is 23.7 Å². The van der Waals surface area contributed by atoms with Crippen LogP contribution >= 0.6 is 0 Å². The van der Waals surface area contributed by atoms with Crippen molar-refractivity contribution in [2.75, 3.05) is 7.11 Å². The smallest absolute Gasteiger partial charge is 0.163 e. The normalized spacial score (nSPS) is 11.4. The van der Waals surface area contributed by atoms with Crippen LogP contribution in [0.2, 0.25) is 0 Å². The van der Waals surface area contributed by atoms with E-state index in [-0.39, 0.29) is 24.1 Å². The maximum Gasteiger partial charge on any atom is 0.163 e. The van der Waals surface area contributed by atoms with Gasteiger partial charge in [0, 0.05) is 11.7 Å². The first-order chi connectivity index (χ1) is 19.6. The van der Waals surface area contributed by atoms with Crippen LogP contribution in [-0.2, 0) is 9.59 Å². The highest BCUT2D eigenvalue weighted by atomic mass is 16.5. The largest absolute Gasteiger partial charge is 0.496 e. The summed E-state index contributed by atoms with van der Waals surface area (Å²) in [5, 5.41) is 1.10. The third-order valence-electron chi connectivity index (χ3n) is 6.52. The number of allylic oxidation sites excluding steroid dienone is 2. The average molecular weight is 528 g/mol. The van der Waals surface area contributed by atoms with Gasteiger partial charge in [0.15, 0.2) is 11.6 Å². The molecule has 5 aromatic rings. The fourth-order valence-electron chi connectivity index (χ4n) is 4.50. The molecule has 198 valence electrons. The quantitative estimate of drug-likeness (QED) is 0.142. The molecule has 5 heteroatoms. The Kier molecular flexibility index (Phi) is 8.32. The maximum absolute atomic E-state index is 12.7. The number of hydrogen-bond acceptors (Lipinski definition) is 4. The van der Waals surface area contributed by atoms with E-state index in [4.69, 9.17) is 9.47 Å². The number of aromatic nitrogens is 1. The maximum atomic E-state index is 12.7. The summed E-state index contributed by atoms with van der Waals surface area (Å²) in [6, 6.07) is 33.3. The third-order valence-corrected chi connectivity index (χ3v) is 6.52. The van der Waals surface area contributed by atoms with Gasteiger partial charge in [0.25, 0.3) is 0 Å². The summed E-state index contributed by atoms with van der Waals surface area (Å²) in [6.07, 6.45) is 7.49. The highest BCUT2D eigenvalue weighted by Crippen LogP contribution is 2.35. The minimum atomic E-state index is -0.366. The number of nitrogens with one attached hydrogen (secondary N) is 1. The van der Waals surface area contributed by atoms with Gasteiger partial charge in [-0.15, -0.1) is 0 Å². The van der Waals surface area contributed by atoms with Gasteiger partial charge in [-0.25, -0.2) is 0 Å². The zero-order chi connectivity index (χ0) is 27.7. The number of ether oxygens (including phenoxy) is 2. The number of rotatable bonds is 11. The minimum Gasteiger partial charge on any atom is -0.496 e. The average Bonchev–Trinajstić information content (AvgIpc) is 3.47. The van der Waals surface area contributed by atoms with Crippen LogP contribution in [0.5, 0.6) is 11.5 Å². The second-order valence-corrected chi connectivity index (χ2v) is 9.29. The molecule has 0 aliphatic rings. The second kappa shape index (κ2) is 12.6. The fraction of sp³-hybridized carbons (Fsp3) is 0.0857. The first-order valence-corrected chi connectivity index (χ1v) is 13.0. The highest BCUT2D eigenvalue weighted by molar-refractivity contribution is 6.11. The van der Waals surface area contributed by atoms with Crippen molar-refractivity contribution in [1.29, 1.82) is 0 Å².